The number of ether oxygens (including phenoxy) is 1. The lowest BCUT2D eigenvalue weighted by Crippen LogP contribution is -2.29. The number of alkyl halides is 9. The molecule has 0 N–H and O–H groups in total. The van der Waals surface area contributed by atoms with Gasteiger partial charge < -0.3 is 4.74 Å². The first-order valence-corrected chi connectivity index (χ1v) is 9.83. The molecule has 0 atom stereocenters. The van der Waals surface area contributed by atoms with Crippen LogP contribution in [-0.2, 0) is 25.1 Å². The fourth-order valence-electron chi connectivity index (χ4n) is 2.81. The fourth-order valence-corrected chi connectivity index (χ4v) is 2.81. The number of unbranched alkanes of at least 4 members (excludes halogenated alkanes) is 2. The maximum atomic E-state index is 13.4. The lowest BCUT2D eigenvalue weighted by Gasteiger charge is -2.17. The molecule has 0 amide bonds. The Labute approximate surface area is 182 Å². The summed E-state index contributed by atoms with van der Waals surface area (Å²) in [6.45, 7) is 3.35. The van der Waals surface area contributed by atoms with Gasteiger partial charge in [-0.2, -0.15) is 39.5 Å². The largest absolute Gasteiger partial charge is 0.479 e. The molecule has 1 heterocycles. The second-order valence-electron chi connectivity index (χ2n) is 6.92. The summed E-state index contributed by atoms with van der Waals surface area (Å²) in [4.78, 5) is 6.88. The van der Waals surface area contributed by atoms with Crippen molar-refractivity contribution in [1.29, 1.82) is 0 Å². The summed E-state index contributed by atoms with van der Waals surface area (Å²) in [7, 11) is 0. The Bertz CT molecular complexity index is 1020. The van der Waals surface area contributed by atoms with Gasteiger partial charge in [0.1, 0.15) is 0 Å². The van der Waals surface area contributed by atoms with Crippen LogP contribution >= 0.6 is 0 Å². The molecule has 0 fully saturated rings. The summed E-state index contributed by atoms with van der Waals surface area (Å²) in [5, 5.41) is 0. The van der Waals surface area contributed by atoms with Crippen molar-refractivity contribution in [2.24, 2.45) is 4.99 Å². The first kappa shape index (κ1) is 26.5. The molecule has 1 aromatic carbocycles. The first-order valence-electron chi connectivity index (χ1n) is 9.83. The van der Waals surface area contributed by atoms with E-state index in [1.54, 1.807) is 0 Å². The summed E-state index contributed by atoms with van der Waals surface area (Å²) < 4.78 is 125. The molecule has 33 heavy (non-hydrogen) atoms. The number of benzene rings is 1. The average Bonchev–Trinajstić information content (AvgIpc) is 2.69. The van der Waals surface area contributed by atoms with Crippen molar-refractivity contribution >= 4 is 5.69 Å². The molecule has 0 aliphatic heterocycles. The topological polar surface area (TPSA) is 39.4 Å². The van der Waals surface area contributed by atoms with Gasteiger partial charge in [0.05, 0.1) is 23.4 Å². The number of aromatic nitrogens is 2. The summed E-state index contributed by atoms with van der Waals surface area (Å²) in [6, 6.07) is 1.26. The van der Waals surface area contributed by atoms with Gasteiger partial charge in [0.25, 0.3) is 0 Å². The minimum atomic E-state index is -5.25. The Morgan fingerprint density at radius 3 is 2.06 bits per heavy atom. The average molecular weight is 489 g/mol. The highest BCUT2D eigenvalue weighted by atomic mass is 19.4. The number of rotatable bonds is 7. The quantitative estimate of drug-likeness (QED) is 0.319. The third kappa shape index (κ3) is 6.87. The molecule has 0 saturated heterocycles. The zero-order valence-corrected chi connectivity index (χ0v) is 17.5. The minimum Gasteiger partial charge on any atom is -0.479 e. The highest BCUT2D eigenvalue weighted by molar-refractivity contribution is 5.50. The summed E-state index contributed by atoms with van der Waals surface area (Å²) in [5.74, 6) is -0.324. The van der Waals surface area contributed by atoms with Crippen LogP contribution in [0, 0.1) is 0 Å². The molecule has 0 aliphatic rings. The fraction of sp³-hybridized carbons (Fsp3) is 0.500. The van der Waals surface area contributed by atoms with Gasteiger partial charge in [0.2, 0.25) is 5.62 Å². The maximum absolute atomic E-state index is 13.4. The molecule has 2 aromatic rings. The predicted molar refractivity (Wildman–Crippen MR) is 99.6 cm³/mol. The molecule has 0 radical (unpaired) electrons. The minimum absolute atomic E-state index is 0.0443. The lowest BCUT2D eigenvalue weighted by molar-refractivity contribution is -0.143. The molecular formula is C20H20F9N3O. The molecular weight excluding hydrogens is 469 g/mol. The first-order chi connectivity index (χ1) is 15.2. The van der Waals surface area contributed by atoms with Gasteiger partial charge in [-0.3, -0.25) is 4.57 Å². The van der Waals surface area contributed by atoms with Crippen LogP contribution in [0.4, 0.5) is 45.2 Å². The van der Waals surface area contributed by atoms with Crippen LogP contribution in [0.3, 0.4) is 0 Å². The Kier molecular flexibility index (Phi) is 8.07. The molecule has 0 unspecified atom stereocenters. The monoisotopic (exact) mass is 489 g/mol. The van der Waals surface area contributed by atoms with Gasteiger partial charge in [-0.1, -0.05) is 19.8 Å². The highest BCUT2D eigenvalue weighted by Gasteiger charge is 2.39. The molecule has 4 nitrogen and oxygen atoms in total. The van der Waals surface area contributed by atoms with E-state index in [2.05, 4.69) is 9.98 Å². The van der Waals surface area contributed by atoms with E-state index in [0.29, 0.717) is 24.6 Å². The van der Waals surface area contributed by atoms with E-state index >= 15 is 0 Å². The van der Waals surface area contributed by atoms with Crippen LogP contribution in [0.1, 0.15) is 49.9 Å². The van der Waals surface area contributed by atoms with Crippen molar-refractivity contribution in [1.82, 2.24) is 9.55 Å². The van der Waals surface area contributed by atoms with Gasteiger partial charge in [-0.25, -0.2) is 9.98 Å². The van der Waals surface area contributed by atoms with E-state index < -0.39 is 46.7 Å². The standard InChI is InChI=1S/C20H20F9N3O/c1-3-5-6-9-33-16-11-15(20(27,28)29)31-17(32(16)4-2)30-14-8-7-12(18(21,22)23)10-13(14)19(24,25)26/h7-8,10-11H,3-6,9H2,1-2H3. The second kappa shape index (κ2) is 10.0. The van der Waals surface area contributed by atoms with E-state index in [4.69, 9.17) is 4.74 Å². The van der Waals surface area contributed by atoms with Crippen molar-refractivity contribution in [3.63, 3.8) is 0 Å². The predicted octanol–water partition coefficient (Wildman–Crippen LogP) is 6.76. The third-order valence-electron chi connectivity index (χ3n) is 4.44. The number of hydrogen-bond acceptors (Lipinski definition) is 3. The molecule has 184 valence electrons. The second-order valence-corrected chi connectivity index (χ2v) is 6.92. The molecule has 0 spiro atoms. The Morgan fingerprint density at radius 2 is 1.55 bits per heavy atom. The van der Waals surface area contributed by atoms with Crippen LogP contribution < -0.4 is 10.4 Å². The Hall–Kier alpha value is -2.73. The van der Waals surface area contributed by atoms with E-state index in [1.807, 2.05) is 6.92 Å². The van der Waals surface area contributed by atoms with Crippen molar-refractivity contribution in [3.8, 4) is 5.88 Å². The van der Waals surface area contributed by atoms with Crippen LogP contribution in [0.5, 0.6) is 5.88 Å². The summed E-state index contributed by atoms with van der Waals surface area (Å²) in [6.07, 6.45) is -13.2. The lowest BCUT2D eigenvalue weighted by atomic mass is 10.1. The zero-order valence-electron chi connectivity index (χ0n) is 17.5. The van der Waals surface area contributed by atoms with Gasteiger partial charge in [0.15, 0.2) is 11.6 Å². The molecule has 13 heteroatoms. The SMILES string of the molecule is CCCCCOc1cc(C(F)(F)F)nc(=Nc2ccc(C(F)(F)F)cc2C(F)(F)F)n1CC. The number of halogens is 9. The smallest absolute Gasteiger partial charge is 0.433 e. The van der Waals surface area contributed by atoms with Crippen molar-refractivity contribution in [2.75, 3.05) is 6.61 Å². The van der Waals surface area contributed by atoms with Crippen molar-refractivity contribution in [2.45, 2.75) is 58.2 Å². The van der Waals surface area contributed by atoms with E-state index in [1.165, 1.54) is 6.92 Å². The molecule has 0 aliphatic carbocycles. The summed E-state index contributed by atoms with van der Waals surface area (Å²) >= 11 is 0. The Balaban J connectivity index is 2.75. The third-order valence-corrected chi connectivity index (χ3v) is 4.44. The maximum Gasteiger partial charge on any atom is 0.433 e. The molecule has 1 aromatic heterocycles. The molecule has 0 saturated carbocycles. The van der Waals surface area contributed by atoms with Crippen molar-refractivity contribution < 1.29 is 44.3 Å². The molecule has 2 rings (SSSR count). The van der Waals surface area contributed by atoms with Crippen molar-refractivity contribution in [3.05, 3.63) is 46.7 Å². The van der Waals surface area contributed by atoms with Crippen LogP contribution in [0.2, 0.25) is 0 Å². The molecule has 0 bridgehead atoms. The highest BCUT2D eigenvalue weighted by Crippen LogP contribution is 2.40. The normalized spacial score (nSPS) is 13.5. The van der Waals surface area contributed by atoms with Gasteiger partial charge >= 0.3 is 18.5 Å². The summed E-state index contributed by atoms with van der Waals surface area (Å²) in [5.41, 5.74) is -6.60. The van der Waals surface area contributed by atoms with Gasteiger partial charge in [-0.15, -0.1) is 0 Å². The number of nitrogens with zero attached hydrogens (tertiary/aromatic N) is 3. The van der Waals surface area contributed by atoms with Crippen LogP contribution in [-0.4, -0.2) is 16.2 Å². The van der Waals surface area contributed by atoms with E-state index in [9.17, 15) is 39.5 Å². The van der Waals surface area contributed by atoms with Crippen LogP contribution in [0.15, 0.2) is 29.3 Å². The van der Waals surface area contributed by atoms with Gasteiger partial charge in [-0.05, 0) is 31.5 Å². The Morgan fingerprint density at radius 1 is 0.879 bits per heavy atom. The number of hydrogen-bond donors (Lipinski definition) is 0. The van der Waals surface area contributed by atoms with E-state index in [0.717, 1.165) is 17.4 Å². The zero-order chi connectivity index (χ0) is 25.0. The van der Waals surface area contributed by atoms with E-state index in [-0.39, 0.29) is 25.1 Å². The van der Waals surface area contributed by atoms with Crippen LogP contribution in [0.25, 0.3) is 0 Å². The van der Waals surface area contributed by atoms with Gasteiger partial charge in [0, 0.05) is 12.6 Å².